The van der Waals surface area contributed by atoms with Gasteiger partial charge in [0.05, 0.1) is 11.4 Å². The number of aryl methyl sites for hydroxylation is 5. The Morgan fingerprint density at radius 2 is 1.48 bits per heavy atom. The molecule has 0 bridgehead atoms. The lowest BCUT2D eigenvalue weighted by Gasteiger charge is -2.14. The van der Waals surface area contributed by atoms with E-state index in [2.05, 4.69) is 76.0 Å². The zero-order chi connectivity index (χ0) is 18.0. The van der Waals surface area contributed by atoms with Crippen LogP contribution in [0.15, 0.2) is 59.9 Å². The van der Waals surface area contributed by atoms with Crippen molar-refractivity contribution in [1.82, 2.24) is 4.98 Å². The predicted molar refractivity (Wildman–Crippen MR) is 106 cm³/mol. The summed E-state index contributed by atoms with van der Waals surface area (Å²) in [6.45, 7) is 10.6. The maximum Gasteiger partial charge on any atom is 0.0799 e. The number of aromatic nitrogens is 1. The zero-order valence-corrected chi connectivity index (χ0v) is 15.6. The fourth-order valence-electron chi connectivity index (χ4n) is 3.32. The highest BCUT2D eigenvalue weighted by atomic mass is 14.8. The van der Waals surface area contributed by atoms with Crippen LogP contribution in [-0.4, -0.2) is 10.7 Å². The molecule has 0 amide bonds. The van der Waals surface area contributed by atoms with Gasteiger partial charge in [-0.1, -0.05) is 41.5 Å². The molecular weight excluding hydrogens is 304 g/mol. The molecule has 0 N–H and O–H groups in total. The molecule has 2 aromatic carbocycles. The van der Waals surface area contributed by atoms with Crippen molar-refractivity contribution in [2.45, 2.75) is 34.6 Å². The highest BCUT2D eigenvalue weighted by Crippen LogP contribution is 2.28. The molecule has 3 rings (SSSR count). The molecule has 0 unspecified atom stereocenters. The maximum atomic E-state index is 5.11. The number of hydrogen-bond donors (Lipinski definition) is 0. The molecule has 0 aliphatic carbocycles. The molecule has 0 radical (unpaired) electrons. The molecule has 2 nitrogen and oxygen atoms in total. The number of pyridine rings is 1. The Morgan fingerprint density at radius 3 is 2.08 bits per heavy atom. The molecule has 126 valence electrons. The van der Waals surface area contributed by atoms with Crippen molar-refractivity contribution in [3.05, 3.63) is 93.8 Å². The average Bonchev–Trinajstić information content (AvgIpc) is 2.56. The standard InChI is InChI=1S/C23H24N2/c1-15-8-9-21(17(3)11-15)23(20-7-6-10-24-14-20)25-22-18(4)12-16(2)13-19(22)5/h6-14H,1-5H3. The monoisotopic (exact) mass is 328 g/mol. The van der Waals surface area contributed by atoms with E-state index < -0.39 is 0 Å². The molecule has 25 heavy (non-hydrogen) atoms. The molecule has 2 heteroatoms. The molecule has 0 aliphatic heterocycles. The molecule has 0 atom stereocenters. The van der Waals surface area contributed by atoms with Gasteiger partial charge in [-0.2, -0.15) is 0 Å². The summed E-state index contributed by atoms with van der Waals surface area (Å²) in [6.07, 6.45) is 3.68. The van der Waals surface area contributed by atoms with E-state index >= 15 is 0 Å². The maximum absolute atomic E-state index is 5.11. The lowest BCUT2D eigenvalue weighted by Crippen LogP contribution is -2.06. The van der Waals surface area contributed by atoms with Crippen LogP contribution < -0.4 is 0 Å². The van der Waals surface area contributed by atoms with Crippen LogP contribution in [0.2, 0.25) is 0 Å². The van der Waals surface area contributed by atoms with Gasteiger partial charge in [0.2, 0.25) is 0 Å². The van der Waals surface area contributed by atoms with Gasteiger partial charge < -0.3 is 0 Å². The highest BCUT2D eigenvalue weighted by molar-refractivity contribution is 6.14. The molecule has 0 saturated carbocycles. The van der Waals surface area contributed by atoms with E-state index in [-0.39, 0.29) is 0 Å². The summed E-state index contributed by atoms with van der Waals surface area (Å²) < 4.78 is 0. The molecule has 1 heterocycles. The van der Waals surface area contributed by atoms with Crippen molar-refractivity contribution < 1.29 is 0 Å². The second-order valence-corrected chi connectivity index (χ2v) is 6.77. The SMILES string of the molecule is Cc1ccc(C(=Nc2c(C)cc(C)cc2C)c2cccnc2)c(C)c1. The van der Waals surface area contributed by atoms with Crippen LogP contribution in [0, 0.1) is 34.6 Å². The van der Waals surface area contributed by atoms with Gasteiger partial charge in [-0.25, -0.2) is 4.99 Å². The van der Waals surface area contributed by atoms with Gasteiger partial charge in [-0.15, -0.1) is 0 Å². The second-order valence-electron chi connectivity index (χ2n) is 6.77. The lowest BCUT2D eigenvalue weighted by molar-refractivity contribution is 1.27. The van der Waals surface area contributed by atoms with Gasteiger partial charge in [0.1, 0.15) is 0 Å². The summed E-state index contributed by atoms with van der Waals surface area (Å²) in [5, 5.41) is 0. The van der Waals surface area contributed by atoms with Gasteiger partial charge in [-0.3, -0.25) is 4.98 Å². The van der Waals surface area contributed by atoms with E-state index in [4.69, 9.17) is 4.99 Å². The van der Waals surface area contributed by atoms with Crippen molar-refractivity contribution >= 4 is 11.4 Å². The number of rotatable bonds is 3. The predicted octanol–water partition coefficient (Wildman–Crippen LogP) is 5.79. The number of nitrogens with zero attached hydrogens (tertiary/aromatic N) is 2. The van der Waals surface area contributed by atoms with Gasteiger partial charge in [0, 0.05) is 23.5 Å². The molecule has 0 fully saturated rings. The van der Waals surface area contributed by atoms with Crippen molar-refractivity contribution in [2.24, 2.45) is 4.99 Å². The van der Waals surface area contributed by atoms with Crippen molar-refractivity contribution in [2.75, 3.05) is 0 Å². The van der Waals surface area contributed by atoms with Crippen LogP contribution >= 0.6 is 0 Å². The molecule has 0 spiro atoms. The summed E-state index contributed by atoms with van der Waals surface area (Å²) >= 11 is 0. The van der Waals surface area contributed by atoms with Crippen LogP contribution in [0.5, 0.6) is 0 Å². The van der Waals surface area contributed by atoms with Gasteiger partial charge in [0.25, 0.3) is 0 Å². The number of aliphatic imine (C=N–C) groups is 1. The zero-order valence-electron chi connectivity index (χ0n) is 15.6. The second kappa shape index (κ2) is 7.02. The Bertz CT molecular complexity index is 915. The fourth-order valence-corrected chi connectivity index (χ4v) is 3.32. The first kappa shape index (κ1) is 17.1. The Kier molecular flexibility index (Phi) is 4.80. The third-order valence-electron chi connectivity index (χ3n) is 4.43. The average molecular weight is 328 g/mol. The third-order valence-corrected chi connectivity index (χ3v) is 4.43. The first-order chi connectivity index (χ1) is 12.0. The van der Waals surface area contributed by atoms with E-state index in [1.165, 1.54) is 27.8 Å². The summed E-state index contributed by atoms with van der Waals surface area (Å²) in [5.41, 5.74) is 10.4. The normalized spacial score (nSPS) is 11.6. The van der Waals surface area contributed by atoms with Gasteiger partial charge in [0.15, 0.2) is 0 Å². The Hall–Kier alpha value is -2.74. The van der Waals surface area contributed by atoms with E-state index in [1.54, 1.807) is 6.20 Å². The van der Waals surface area contributed by atoms with Crippen molar-refractivity contribution in [3.8, 4) is 0 Å². The molecule has 3 aromatic rings. The van der Waals surface area contributed by atoms with Gasteiger partial charge in [-0.05, 0) is 63.4 Å². The van der Waals surface area contributed by atoms with Crippen LogP contribution in [0.4, 0.5) is 5.69 Å². The van der Waals surface area contributed by atoms with E-state index in [9.17, 15) is 0 Å². The minimum Gasteiger partial charge on any atom is -0.264 e. The highest BCUT2D eigenvalue weighted by Gasteiger charge is 2.12. The van der Waals surface area contributed by atoms with Gasteiger partial charge >= 0.3 is 0 Å². The van der Waals surface area contributed by atoms with Crippen molar-refractivity contribution in [1.29, 1.82) is 0 Å². The smallest absolute Gasteiger partial charge is 0.0799 e. The molecule has 0 saturated heterocycles. The topological polar surface area (TPSA) is 25.2 Å². The van der Waals surface area contributed by atoms with E-state index in [0.717, 1.165) is 22.5 Å². The Balaban J connectivity index is 2.26. The molecular formula is C23H24N2. The summed E-state index contributed by atoms with van der Waals surface area (Å²) in [6, 6.07) is 14.9. The third kappa shape index (κ3) is 3.69. The quantitative estimate of drug-likeness (QED) is 0.558. The first-order valence-corrected chi connectivity index (χ1v) is 8.60. The van der Waals surface area contributed by atoms with Crippen LogP contribution in [0.25, 0.3) is 0 Å². The van der Waals surface area contributed by atoms with Crippen molar-refractivity contribution in [3.63, 3.8) is 0 Å². The van der Waals surface area contributed by atoms with Crippen LogP contribution in [0.3, 0.4) is 0 Å². The Morgan fingerprint density at radius 1 is 0.800 bits per heavy atom. The largest absolute Gasteiger partial charge is 0.264 e. The van der Waals surface area contributed by atoms with E-state index in [0.29, 0.717) is 0 Å². The van der Waals surface area contributed by atoms with E-state index in [1.807, 2.05) is 12.3 Å². The Labute approximate surface area is 150 Å². The minimum atomic E-state index is 0.973. The summed E-state index contributed by atoms with van der Waals surface area (Å²) in [4.78, 5) is 9.40. The fraction of sp³-hybridized carbons (Fsp3) is 0.217. The molecule has 1 aromatic heterocycles. The molecule has 0 aliphatic rings. The minimum absolute atomic E-state index is 0.973. The summed E-state index contributed by atoms with van der Waals surface area (Å²) in [5.74, 6) is 0. The number of hydrogen-bond acceptors (Lipinski definition) is 2. The first-order valence-electron chi connectivity index (χ1n) is 8.60. The summed E-state index contributed by atoms with van der Waals surface area (Å²) in [7, 11) is 0. The van der Waals surface area contributed by atoms with Crippen LogP contribution in [-0.2, 0) is 0 Å². The van der Waals surface area contributed by atoms with Crippen LogP contribution in [0.1, 0.15) is 38.9 Å². The number of benzene rings is 2. The lowest BCUT2D eigenvalue weighted by atomic mass is 9.97.